The lowest BCUT2D eigenvalue weighted by Gasteiger charge is -2.39. The molecule has 3 rings (SSSR count). The number of rotatable bonds is 2. The van der Waals surface area contributed by atoms with E-state index in [-0.39, 0.29) is 12.4 Å². The smallest absolute Gasteiger partial charge is 0.0402 e. The lowest BCUT2D eigenvalue weighted by atomic mass is 9.68. The average molecular weight is 351 g/mol. The maximum absolute atomic E-state index is 2.62. The highest BCUT2D eigenvalue weighted by Gasteiger charge is 2.31. The normalized spacial score (nSPS) is 26.1. The van der Waals surface area contributed by atoms with Gasteiger partial charge in [0.15, 0.2) is 0 Å². The fraction of sp³-hybridized carbons (Fsp3) is 0.714. The van der Waals surface area contributed by atoms with Gasteiger partial charge < -0.3 is 9.80 Å². The van der Waals surface area contributed by atoms with Crippen molar-refractivity contribution in [1.29, 1.82) is 0 Å². The van der Waals surface area contributed by atoms with Gasteiger partial charge in [-0.1, -0.05) is 39.0 Å². The number of nitrogens with zero attached hydrogens (tertiary/aromatic N) is 2. The van der Waals surface area contributed by atoms with Crippen LogP contribution in [-0.2, 0) is 0 Å². The number of para-hydroxylation sites is 1. The average Bonchev–Trinajstić information content (AvgIpc) is 2.55. The predicted octanol–water partition coefficient (Wildman–Crippen LogP) is 5.18. The second-order valence-electron chi connectivity index (χ2n) is 8.76. The molecule has 2 aliphatic rings. The van der Waals surface area contributed by atoms with E-state index in [1.165, 1.54) is 57.5 Å². The number of halogens is 1. The minimum absolute atomic E-state index is 0. The molecule has 0 bridgehead atoms. The molecule has 1 aromatic rings. The van der Waals surface area contributed by atoms with Gasteiger partial charge in [-0.25, -0.2) is 0 Å². The molecule has 2 nitrogen and oxygen atoms in total. The molecule has 1 aliphatic carbocycles. The van der Waals surface area contributed by atoms with Crippen LogP contribution in [0.3, 0.4) is 0 Å². The van der Waals surface area contributed by atoms with Crippen LogP contribution in [0.25, 0.3) is 0 Å². The van der Waals surface area contributed by atoms with Crippen LogP contribution in [0.5, 0.6) is 0 Å². The molecule has 0 unspecified atom stereocenters. The highest BCUT2D eigenvalue weighted by atomic mass is 35.5. The molecule has 0 spiro atoms. The van der Waals surface area contributed by atoms with E-state index >= 15 is 0 Å². The van der Waals surface area contributed by atoms with E-state index in [2.05, 4.69) is 61.9 Å². The van der Waals surface area contributed by atoms with Crippen LogP contribution in [0.4, 0.5) is 5.69 Å². The summed E-state index contributed by atoms with van der Waals surface area (Å²) in [6.45, 7) is 12.0. The molecule has 1 saturated carbocycles. The maximum Gasteiger partial charge on any atom is 0.0402 e. The molecule has 0 atom stereocenters. The zero-order valence-corrected chi connectivity index (χ0v) is 16.7. The summed E-state index contributed by atoms with van der Waals surface area (Å²) in [7, 11) is 2.23. The van der Waals surface area contributed by atoms with Crippen LogP contribution < -0.4 is 4.90 Å². The lowest BCUT2D eigenvalue weighted by molar-refractivity contribution is 0.169. The summed E-state index contributed by atoms with van der Waals surface area (Å²) in [6.07, 6.45) is 5.52. The van der Waals surface area contributed by atoms with Crippen molar-refractivity contribution in [3.63, 3.8) is 0 Å². The minimum Gasteiger partial charge on any atom is -0.369 e. The summed E-state index contributed by atoms with van der Waals surface area (Å²) in [5.74, 6) is 1.67. The number of likely N-dealkylation sites (N-methyl/N-ethyl adjacent to an activating group) is 1. The van der Waals surface area contributed by atoms with Crippen molar-refractivity contribution in [2.75, 3.05) is 38.1 Å². The van der Waals surface area contributed by atoms with Crippen molar-refractivity contribution in [2.24, 2.45) is 11.3 Å². The molecule has 1 aromatic carbocycles. The van der Waals surface area contributed by atoms with Crippen molar-refractivity contribution in [2.45, 2.75) is 52.4 Å². The Kier molecular flexibility index (Phi) is 6.61. The molecule has 1 saturated heterocycles. The summed E-state index contributed by atoms with van der Waals surface area (Å²) < 4.78 is 0. The van der Waals surface area contributed by atoms with Crippen molar-refractivity contribution in [1.82, 2.24) is 4.90 Å². The van der Waals surface area contributed by atoms with E-state index in [4.69, 9.17) is 0 Å². The van der Waals surface area contributed by atoms with Gasteiger partial charge in [0.1, 0.15) is 0 Å². The first-order valence-electron chi connectivity index (χ1n) is 9.47. The van der Waals surface area contributed by atoms with Crippen molar-refractivity contribution in [3.05, 3.63) is 29.8 Å². The van der Waals surface area contributed by atoms with Gasteiger partial charge in [0.2, 0.25) is 0 Å². The molecule has 3 heteroatoms. The minimum atomic E-state index is 0. The third-order valence-corrected chi connectivity index (χ3v) is 6.17. The lowest BCUT2D eigenvalue weighted by Crippen LogP contribution is -2.45. The molecular weight excluding hydrogens is 316 g/mol. The molecule has 136 valence electrons. The van der Waals surface area contributed by atoms with Gasteiger partial charge in [0, 0.05) is 31.9 Å². The van der Waals surface area contributed by atoms with E-state index < -0.39 is 0 Å². The van der Waals surface area contributed by atoms with Gasteiger partial charge >= 0.3 is 0 Å². The second kappa shape index (κ2) is 8.10. The summed E-state index contributed by atoms with van der Waals surface area (Å²) >= 11 is 0. The quantitative estimate of drug-likeness (QED) is 0.725. The van der Waals surface area contributed by atoms with Crippen LogP contribution in [0.1, 0.15) is 57.9 Å². The molecule has 2 fully saturated rings. The number of hydrogen-bond acceptors (Lipinski definition) is 2. The SMILES string of the molecule is CN1CCN(c2ccccc2C2CCC(C(C)(C)C)CC2)CC1.Cl. The Bertz CT molecular complexity index is 507. The number of benzene rings is 1. The van der Waals surface area contributed by atoms with E-state index in [9.17, 15) is 0 Å². The second-order valence-corrected chi connectivity index (χ2v) is 8.76. The monoisotopic (exact) mass is 350 g/mol. The van der Waals surface area contributed by atoms with Crippen LogP contribution in [0, 0.1) is 11.3 Å². The van der Waals surface area contributed by atoms with Crippen LogP contribution in [0.15, 0.2) is 24.3 Å². The Morgan fingerprint density at radius 1 is 0.875 bits per heavy atom. The zero-order valence-electron chi connectivity index (χ0n) is 15.9. The highest BCUT2D eigenvalue weighted by Crippen LogP contribution is 2.45. The number of anilines is 1. The van der Waals surface area contributed by atoms with Gasteiger partial charge in [0.25, 0.3) is 0 Å². The van der Waals surface area contributed by atoms with E-state index in [0.29, 0.717) is 5.41 Å². The summed E-state index contributed by atoms with van der Waals surface area (Å²) in [5, 5.41) is 0. The third-order valence-electron chi connectivity index (χ3n) is 6.17. The molecule has 1 heterocycles. The van der Waals surface area contributed by atoms with Gasteiger partial charge in [-0.05, 0) is 61.6 Å². The van der Waals surface area contributed by atoms with Crippen molar-refractivity contribution in [3.8, 4) is 0 Å². The molecule has 0 N–H and O–H groups in total. The van der Waals surface area contributed by atoms with Crippen molar-refractivity contribution >= 4 is 18.1 Å². The van der Waals surface area contributed by atoms with Gasteiger partial charge in [0.05, 0.1) is 0 Å². The van der Waals surface area contributed by atoms with Gasteiger partial charge in [-0.2, -0.15) is 0 Å². The van der Waals surface area contributed by atoms with Crippen LogP contribution >= 0.6 is 12.4 Å². The fourth-order valence-corrected chi connectivity index (χ4v) is 4.44. The Hall–Kier alpha value is -0.730. The molecule has 1 aliphatic heterocycles. The Morgan fingerprint density at radius 2 is 1.46 bits per heavy atom. The maximum atomic E-state index is 2.62. The molecule has 0 amide bonds. The topological polar surface area (TPSA) is 6.48 Å². The van der Waals surface area contributed by atoms with E-state index in [1.807, 2.05) is 0 Å². The summed E-state index contributed by atoms with van der Waals surface area (Å²) in [4.78, 5) is 5.05. The predicted molar refractivity (Wildman–Crippen MR) is 108 cm³/mol. The van der Waals surface area contributed by atoms with E-state index in [1.54, 1.807) is 5.56 Å². The first kappa shape index (κ1) is 19.6. The first-order valence-corrected chi connectivity index (χ1v) is 9.47. The largest absolute Gasteiger partial charge is 0.369 e. The molecule has 24 heavy (non-hydrogen) atoms. The third kappa shape index (κ3) is 4.46. The molecule has 0 radical (unpaired) electrons. The fourth-order valence-electron chi connectivity index (χ4n) is 4.44. The molecule has 0 aromatic heterocycles. The highest BCUT2D eigenvalue weighted by molar-refractivity contribution is 5.85. The number of piperazine rings is 1. The molecular formula is C21H35ClN2. The zero-order chi connectivity index (χ0) is 16.4. The Balaban J connectivity index is 0.00000208. The first-order chi connectivity index (χ1) is 10.9. The van der Waals surface area contributed by atoms with Crippen molar-refractivity contribution < 1.29 is 0 Å². The van der Waals surface area contributed by atoms with Gasteiger partial charge in [-0.3, -0.25) is 0 Å². The van der Waals surface area contributed by atoms with Crippen LogP contribution in [0.2, 0.25) is 0 Å². The Labute approximate surface area is 155 Å². The summed E-state index contributed by atoms with van der Waals surface area (Å²) in [6, 6.07) is 9.22. The van der Waals surface area contributed by atoms with Gasteiger partial charge in [-0.15, -0.1) is 12.4 Å². The summed E-state index contributed by atoms with van der Waals surface area (Å²) in [5.41, 5.74) is 3.60. The van der Waals surface area contributed by atoms with E-state index in [0.717, 1.165) is 11.8 Å². The Morgan fingerprint density at radius 3 is 2.04 bits per heavy atom. The standard InChI is InChI=1S/C21H34N2.ClH/c1-21(2,3)18-11-9-17(10-12-18)19-7-5-6-8-20(19)23-15-13-22(4)14-16-23;/h5-8,17-18H,9-16H2,1-4H3;1H. The number of hydrogen-bond donors (Lipinski definition) is 0. The van der Waals surface area contributed by atoms with Crippen LogP contribution in [-0.4, -0.2) is 38.1 Å².